The van der Waals surface area contributed by atoms with Gasteiger partial charge < -0.3 is 30.6 Å². The number of ether oxygens (including phenoxy) is 3. The van der Waals surface area contributed by atoms with E-state index in [1.807, 2.05) is 0 Å². The molecule has 0 aliphatic carbocycles. The summed E-state index contributed by atoms with van der Waals surface area (Å²) in [7, 11) is 0. The van der Waals surface area contributed by atoms with Crippen LogP contribution in [0.25, 0.3) is 0 Å². The average molecular weight is 546 g/mol. The summed E-state index contributed by atoms with van der Waals surface area (Å²) >= 11 is 0. The molecule has 3 aromatic rings. The van der Waals surface area contributed by atoms with Crippen molar-refractivity contribution in [2.75, 3.05) is 50.2 Å². The highest BCUT2D eigenvalue weighted by atomic mass is 19.2. The van der Waals surface area contributed by atoms with Gasteiger partial charge in [0.15, 0.2) is 23.3 Å². The molecule has 0 amide bonds. The summed E-state index contributed by atoms with van der Waals surface area (Å²) in [6, 6.07) is 5.22. The van der Waals surface area contributed by atoms with E-state index < -0.39 is 53.1 Å². The fraction of sp³-hybridized carbons (Fsp3) is 0.348. The molecule has 206 valence electrons. The minimum absolute atomic E-state index is 0.0443. The van der Waals surface area contributed by atoms with E-state index in [4.69, 9.17) is 19.9 Å². The van der Waals surface area contributed by atoms with Crippen LogP contribution < -0.4 is 21.1 Å². The molecule has 2 aromatic carbocycles. The van der Waals surface area contributed by atoms with E-state index in [9.17, 15) is 26.3 Å². The highest BCUT2D eigenvalue weighted by molar-refractivity contribution is 5.37. The summed E-state index contributed by atoms with van der Waals surface area (Å²) in [5.41, 5.74) is 4.67. The van der Waals surface area contributed by atoms with Crippen molar-refractivity contribution in [3.05, 3.63) is 70.3 Å². The number of nitrogens with two attached hydrogens (primary N) is 1. The second kappa shape index (κ2) is 14.3. The van der Waals surface area contributed by atoms with E-state index in [2.05, 4.69) is 25.6 Å². The van der Waals surface area contributed by atoms with Crippen LogP contribution in [-0.2, 0) is 22.6 Å². The van der Waals surface area contributed by atoms with Gasteiger partial charge in [0.05, 0.1) is 32.0 Å². The Kier molecular flexibility index (Phi) is 10.9. The first-order valence-electron chi connectivity index (χ1n) is 11.3. The van der Waals surface area contributed by atoms with Crippen LogP contribution in [0.1, 0.15) is 11.1 Å². The lowest BCUT2D eigenvalue weighted by Crippen LogP contribution is -2.17. The number of hydrogen-bond acceptors (Lipinski definition) is 9. The van der Waals surface area contributed by atoms with Crippen molar-refractivity contribution in [1.82, 2.24) is 15.0 Å². The fourth-order valence-corrected chi connectivity index (χ4v) is 2.96. The van der Waals surface area contributed by atoms with Crippen LogP contribution in [0.5, 0.6) is 6.01 Å². The fourth-order valence-electron chi connectivity index (χ4n) is 2.96. The molecule has 9 nitrogen and oxygen atoms in total. The third kappa shape index (κ3) is 8.16. The number of rotatable bonds is 15. The molecule has 0 aliphatic heterocycles. The number of anilines is 2. The Balaban J connectivity index is 1.70. The zero-order chi connectivity index (χ0) is 27.5. The molecule has 0 radical (unpaired) electrons. The van der Waals surface area contributed by atoms with E-state index in [0.29, 0.717) is 31.9 Å². The standard InChI is InChI=1S/C23H24F6N6O3/c24-14-3-1-2-13(10-14)11-32-22-33-21(31-5-7-37-9-8-36-6-4-30)34-23(35-22)38-12-15-16(25)18(27)20(29)19(28)17(15)26/h1-3,10H,4-9,11-12,30H2,(H2,31,32,33,34,35). The predicted molar refractivity (Wildman–Crippen MR) is 123 cm³/mol. The van der Waals surface area contributed by atoms with Crippen molar-refractivity contribution in [2.24, 2.45) is 5.73 Å². The van der Waals surface area contributed by atoms with Gasteiger partial charge in [-0.15, -0.1) is 0 Å². The van der Waals surface area contributed by atoms with Gasteiger partial charge in [0.2, 0.25) is 17.7 Å². The Morgan fingerprint density at radius 1 is 0.737 bits per heavy atom. The second-order valence-corrected chi connectivity index (χ2v) is 7.53. The summed E-state index contributed by atoms with van der Waals surface area (Å²) < 4.78 is 97.5. The van der Waals surface area contributed by atoms with Crippen molar-refractivity contribution < 1.29 is 40.6 Å². The third-order valence-electron chi connectivity index (χ3n) is 4.76. The Hall–Kier alpha value is -3.69. The van der Waals surface area contributed by atoms with Crippen molar-refractivity contribution in [3.8, 4) is 6.01 Å². The molecular weight excluding hydrogens is 522 g/mol. The highest BCUT2D eigenvalue weighted by Gasteiger charge is 2.26. The van der Waals surface area contributed by atoms with Gasteiger partial charge in [-0.3, -0.25) is 0 Å². The first-order chi connectivity index (χ1) is 18.3. The molecule has 4 N–H and O–H groups in total. The molecule has 0 aliphatic rings. The molecule has 0 saturated heterocycles. The molecule has 0 saturated carbocycles. The topological polar surface area (TPSA) is 116 Å². The SMILES string of the molecule is NCCOCCOCCNc1nc(NCc2cccc(F)c2)nc(OCc2c(F)c(F)c(F)c(F)c2F)n1. The monoisotopic (exact) mass is 546 g/mol. The van der Waals surface area contributed by atoms with Gasteiger partial charge in [-0.2, -0.15) is 15.0 Å². The van der Waals surface area contributed by atoms with Gasteiger partial charge >= 0.3 is 6.01 Å². The molecular formula is C23H24F6N6O3. The zero-order valence-corrected chi connectivity index (χ0v) is 19.9. The average Bonchev–Trinajstić information content (AvgIpc) is 2.91. The van der Waals surface area contributed by atoms with Gasteiger partial charge in [0, 0.05) is 19.6 Å². The summed E-state index contributed by atoms with van der Waals surface area (Å²) in [6.07, 6.45) is 0. The molecule has 3 rings (SSSR count). The van der Waals surface area contributed by atoms with Gasteiger partial charge in [-0.25, -0.2) is 26.3 Å². The predicted octanol–water partition coefficient (Wildman–Crippen LogP) is 3.30. The summed E-state index contributed by atoms with van der Waals surface area (Å²) in [5.74, 6) is -11.1. The largest absolute Gasteiger partial charge is 0.458 e. The number of hydrogen-bond donors (Lipinski definition) is 3. The van der Waals surface area contributed by atoms with Gasteiger partial charge in [-0.05, 0) is 17.7 Å². The summed E-state index contributed by atoms with van der Waals surface area (Å²) in [5, 5.41) is 5.66. The maximum Gasteiger partial charge on any atom is 0.323 e. The van der Waals surface area contributed by atoms with Gasteiger partial charge in [0.25, 0.3) is 0 Å². The van der Waals surface area contributed by atoms with E-state index >= 15 is 0 Å². The Labute approximate surface area is 213 Å². The molecule has 0 unspecified atom stereocenters. The third-order valence-corrected chi connectivity index (χ3v) is 4.76. The molecule has 1 aromatic heterocycles. The number of benzene rings is 2. The van der Waals surface area contributed by atoms with Crippen LogP contribution in [0.4, 0.5) is 38.2 Å². The smallest absolute Gasteiger partial charge is 0.323 e. The van der Waals surface area contributed by atoms with Gasteiger partial charge in [0.1, 0.15) is 12.4 Å². The van der Waals surface area contributed by atoms with Gasteiger partial charge in [-0.1, -0.05) is 12.1 Å². The van der Waals surface area contributed by atoms with Crippen molar-refractivity contribution in [1.29, 1.82) is 0 Å². The van der Waals surface area contributed by atoms with Crippen LogP contribution in [0, 0.1) is 34.9 Å². The van der Waals surface area contributed by atoms with Crippen molar-refractivity contribution in [3.63, 3.8) is 0 Å². The summed E-state index contributed by atoms with van der Waals surface area (Å²) in [6.45, 7) is 0.944. The van der Waals surface area contributed by atoms with E-state index in [1.54, 1.807) is 6.07 Å². The number of nitrogens with zero attached hydrogens (tertiary/aromatic N) is 3. The van der Waals surface area contributed by atoms with E-state index in [-0.39, 0.29) is 31.6 Å². The number of aromatic nitrogens is 3. The number of nitrogens with one attached hydrogen (secondary N) is 2. The molecule has 0 spiro atoms. The number of halogens is 6. The van der Waals surface area contributed by atoms with Crippen LogP contribution >= 0.6 is 0 Å². The maximum absolute atomic E-state index is 14.0. The lowest BCUT2D eigenvalue weighted by molar-refractivity contribution is 0.0547. The Morgan fingerprint density at radius 2 is 1.37 bits per heavy atom. The quantitative estimate of drug-likeness (QED) is 0.114. The molecule has 0 fully saturated rings. The lowest BCUT2D eigenvalue weighted by atomic mass is 10.2. The van der Waals surface area contributed by atoms with Crippen molar-refractivity contribution in [2.45, 2.75) is 13.2 Å². The maximum atomic E-state index is 14.0. The van der Waals surface area contributed by atoms with Crippen LogP contribution in [0.15, 0.2) is 24.3 Å². The van der Waals surface area contributed by atoms with E-state index in [0.717, 1.165) is 0 Å². The molecule has 38 heavy (non-hydrogen) atoms. The molecule has 1 heterocycles. The Bertz CT molecular complexity index is 1190. The first kappa shape index (κ1) is 28.9. The Morgan fingerprint density at radius 3 is 2.03 bits per heavy atom. The first-order valence-corrected chi connectivity index (χ1v) is 11.3. The van der Waals surface area contributed by atoms with Crippen LogP contribution in [0.3, 0.4) is 0 Å². The highest BCUT2D eigenvalue weighted by Crippen LogP contribution is 2.24. The van der Waals surface area contributed by atoms with Crippen LogP contribution in [0.2, 0.25) is 0 Å². The van der Waals surface area contributed by atoms with E-state index in [1.165, 1.54) is 18.2 Å². The second-order valence-electron chi connectivity index (χ2n) is 7.53. The van der Waals surface area contributed by atoms with Crippen LogP contribution in [-0.4, -0.2) is 54.5 Å². The minimum Gasteiger partial charge on any atom is -0.458 e. The lowest BCUT2D eigenvalue weighted by Gasteiger charge is -2.12. The summed E-state index contributed by atoms with van der Waals surface area (Å²) in [4.78, 5) is 12.0. The normalized spacial score (nSPS) is 11.0. The molecule has 15 heteroatoms. The molecule has 0 bridgehead atoms. The zero-order valence-electron chi connectivity index (χ0n) is 19.9. The molecule has 0 atom stereocenters. The minimum atomic E-state index is -2.28. The van der Waals surface area contributed by atoms with Crippen molar-refractivity contribution >= 4 is 11.9 Å².